The lowest BCUT2D eigenvalue weighted by Gasteiger charge is -2.23. The van der Waals surface area contributed by atoms with Gasteiger partial charge in [0.25, 0.3) is 5.91 Å². The molecule has 0 radical (unpaired) electrons. The highest BCUT2D eigenvalue weighted by Crippen LogP contribution is 2.31. The van der Waals surface area contributed by atoms with Crippen molar-refractivity contribution in [3.63, 3.8) is 0 Å². The Kier molecular flexibility index (Phi) is 3.33. The molecule has 0 aliphatic heterocycles. The van der Waals surface area contributed by atoms with Crippen molar-refractivity contribution in [2.24, 2.45) is 11.5 Å². The summed E-state index contributed by atoms with van der Waals surface area (Å²) in [7, 11) is 0. The maximum absolute atomic E-state index is 10.9. The lowest BCUT2D eigenvalue weighted by atomic mass is 9.88. The summed E-state index contributed by atoms with van der Waals surface area (Å²) in [5.74, 6) is 0.194. The summed E-state index contributed by atoms with van der Waals surface area (Å²) < 4.78 is 5.46. The maximum Gasteiger partial charge on any atom is 0.258 e. The van der Waals surface area contributed by atoms with E-state index in [2.05, 4.69) is 0 Å². The number of aryl methyl sites for hydroxylation is 1. The number of nitrogens with two attached hydrogens (primary N) is 2. The second-order valence-corrected chi connectivity index (χ2v) is 4.52. The highest BCUT2D eigenvalue weighted by Gasteiger charge is 2.18. The summed E-state index contributed by atoms with van der Waals surface area (Å²) in [5, 5.41) is 0. The van der Waals surface area contributed by atoms with Gasteiger partial charge in [0.15, 0.2) is 6.10 Å². The second-order valence-electron chi connectivity index (χ2n) is 4.52. The summed E-state index contributed by atoms with van der Waals surface area (Å²) in [6.45, 7) is 1.64. The van der Waals surface area contributed by atoms with Crippen LogP contribution < -0.4 is 16.2 Å². The molecule has 1 aliphatic rings. The van der Waals surface area contributed by atoms with E-state index in [0.717, 1.165) is 24.8 Å². The first-order chi connectivity index (χ1) is 8.08. The largest absolute Gasteiger partial charge is 0.481 e. The van der Waals surface area contributed by atoms with E-state index in [1.165, 1.54) is 5.56 Å². The highest BCUT2D eigenvalue weighted by atomic mass is 16.5. The summed E-state index contributed by atoms with van der Waals surface area (Å²) in [6.07, 6.45) is 2.58. The minimum Gasteiger partial charge on any atom is -0.481 e. The fraction of sp³-hybridized carbons (Fsp3) is 0.462. The van der Waals surface area contributed by atoms with E-state index in [4.69, 9.17) is 16.2 Å². The Bertz CT molecular complexity index is 431. The Morgan fingerprint density at radius 2 is 2.29 bits per heavy atom. The number of ether oxygens (including phenoxy) is 1. The van der Waals surface area contributed by atoms with Crippen LogP contribution in [-0.2, 0) is 11.2 Å². The Morgan fingerprint density at radius 3 is 3.00 bits per heavy atom. The summed E-state index contributed by atoms with van der Waals surface area (Å²) in [4.78, 5) is 10.9. The lowest BCUT2D eigenvalue weighted by Crippen LogP contribution is -2.30. The Labute approximate surface area is 101 Å². The first kappa shape index (κ1) is 11.9. The van der Waals surface area contributed by atoms with Crippen molar-refractivity contribution in [2.75, 3.05) is 0 Å². The van der Waals surface area contributed by atoms with E-state index in [0.29, 0.717) is 5.75 Å². The molecule has 1 aromatic rings. The van der Waals surface area contributed by atoms with Crippen LogP contribution in [0, 0.1) is 0 Å². The summed E-state index contributed by atoms with van der Waals surface area (Å²) >= 11 is 0. The number of amides is 1. The van der Waals surface area contributed by atoms with Crippen molar-refractivity contribution in [1.29, 1.82) is 0 Å². The van der Waals surface area contributed by atoms with Gasteiger partial charge in [-0.3, -0.25) is 4.79 Å². The third-order valence-electron chi connectivity index (χ3n) is 3.19. The molecule has 0 saturated carbocycles. The first-order valence-electron chi connectivity index (χ1n) is 5.92. The fourth-order valence-corrected chi connectivity index (χ4v) is 2.15. The van der Waals surface area contributed by atoms with Gasteiger partial charge in [0.2, 0.25) is 0 Å². The van der Waals surface area contributed by atoms with E-state index in [1.54, 1.807) is 6.92 Å². The van der Waals surface area contributed by atoms with Crippen LogP contribution in [0.25, 0.3) is 0 Å². The molecule has 2 atom stereocenters. The zero-order valence-electron chi connectivity index (χ0n) is 9.98. The zero-order valence-corrected chi connectivity index (χ0v) is 9.98. The standard InChI is InChI=1S/C13H18N2O2/c1-8(13(15)16)17-10-6-5-9-3-2-4-12(14)11(9)7-10/h5-8,12H,2-4,14H2,1H3,(H2,15,16)/t8?,12-/m1/s1. The molecule has 1 aliphatic carbocycles. The van der Waals surface area contributed by atoms with E-state index < -0.39 is 12.0 Å². The van der Waals surface area contributed by atoms with Crippen LogP contribution in [0.4, 0.5) is 0 Å². The summed E-state index contributed by atoms with van der Waals surface area (Å²) in [6, 6.07) is 5.90. The van der Waals surface area contributed by atoms with Crippen molar-refractivity contribution in [2.45, 2.75) is 38.3 Å². The molecule has 1 amide bonds. The molecule has 4 nitrogen and oxygen atoms in total. The molecule has 0 heterocycles. The van der Waals surface area contributed by atoms with Gasteiger partial charge >= 0.3 is 0 Å². The molecule has 0 aromatic heterocycles. The van der Waals surface area contributed by atoms with E-state index in [9.17, 15) is 4.79 Å². The van der Waals surface area contributed by atoms with Gasteiger partial charge in [-0.15, -0.1) is 0 Å². The molecule has 0 bridgehead atoms. The van der Waals surface area contributed by atoms with Crippen molar-refractivity contribution in [3.05, 3.63) is 29.3 Å². The number of fused-ring (bicyclic) bond motifs is 1. The topological polar surface area (TPSA) is 78.3 Å². The van der Waals surface area contributed by atoms with Gasteiger partial charge in [0.05, 0.1) is 0 Å². The van der Waals surface area contributed by atoms with Gasteiger partial charge < -0.3 is 16.2 Å². The number of hydrogen-bond acceptors (Lipinski definition) is 3. The molecular weight excluding hydrogens is 216 g/mol. The molecule has 4 heteroatoms. The number of carbonyl (C=O) groups excluding carboxylic acids is 1. The minimum atomic E-state index is -0.618. The molecule has 0 spiro atoms. The van der Waals surface area contributed by atoms with Crippen LogP contribution in [0.15, 0.2) is 18.2 Å². The average molecular weight is 234 g/mol. The number of carbonyl (C=O) groups is 1. The Balaban J connectivity index is 2.20. The van der Waals surface area contributed by atoms with Crippen LogP contribution in [0.1, 0.15) is 36.9 Å². The lowest BCUT2D eigenvalue weighted by molar-refractivity contribution is -0.123. The molecular formula is C13H18N2O2. The quantitative estimate of drug-likeness (QED) is 0.826. The van der Waals surface area contributed by atoms with E-state index in [-0.39, 0.29) is 6.04 Å². The molecule has 4 N–H and O–H groups in total. The predicted octanol–water partition coefficient (Wildman–Crippen LogP) is 1.28. The average Bonchev–Trinajstić information content (AvgIpc) is 2.30. The number of rotatable bonds is 3. The van der Waals surface area contributed by atoms with E-state index >= 15 is 0 Å². The van der Waals surface area contributed by atoms with Crippen LogP contribution >= 0.6 is 0 Å². The van der Waals surface area contributed by atoms with Crippen LogP contribution in [0.2, 0.25) is 0 Å². The van der Waals surface area contributed by atoms with Crippen LogP contribution in [0.5, 0.6) is 5.75 Å². The third-order valence-corrected chi connectivity index (χ3v) is 3.19. The van der Waals surface area contributed by atoms with Crippen molar-refractivity contribution < 1.29 is 9.53 Å². The highest BCUT2D eigenvalue weighted by molar-refractivity contribution is 5.78. The van der Waals surface area contributed by atoms with Crippen molar-refractivity contribution in [3.8, 4) is 5.75 Å². The SMILES string of the molecule is CC(Oc1ccc2c(c1)[C@H](N)CCC2)C(N)=O. The van der Waals surface area contributed by atoms with Crippen molar-refractivity contribution >= 4 is 5.91 Å². The molecule has 17 heavy (non-hydrogen) atoms. The normalized spacial score (nSPS) is 20.5. The second kappa shape index (κ2) is 4.75. The third kappa shape index (κ3) is 2.58. The number of hydrogen-bond donors (Lipinski definition) is 2. The minimum absolute atomic E-state index is 0.0752. The van der Waals surface area contributed by atoms with E-state index in [1.807, 2.05) is 18.2 Å². The van der Waals surface area contributed by atoms with Gasteiger partial charge in [0, 0.05) is 6.04 Å². The molecule has 1 aromatic carbocycles. The van der Waals surface area contributed by atoms with Gasteiger partial charge in [-0.05, 0) is 49.4 Å². The van der Waals surface area contributed by atoms with Crippen LogP contribution in [0.3, 0.4) is 0 Å². The molecule has 1 unspecified atom stereocenters. The predicted molar refractivity (Wildman–Crippen MR) is 65.6 cm³/mol. The monoisotopic (exact) mass is 234 g/mol. The van der Waals surface area contributed by atoms with Gasteiger partial charge in [0.1, 0.15) is 5.75 Å². The first-order valence-corrected chi connectivity index (χ1v) is 5.92. The number of benzene rings is 1. The maximum atomic E-state index is 10.9. The zero-order chi connectivity index (χ0) is 12.4. The molecule has 92 valence electrons. The molecule has 0 saturated heterocycles. The van der Waals surface area contributed by atoms with Gasteiger partial charge in [-0.2, -0.15) is 0 Å². The fourth-order valence-electron chi connectivity index (χ4n) is 2.15. The molecule has 0 fully saturated rings. The Hall–Kier alpha value is -1.55. The number of primary amides is 1. The van der Waals surface area contributed by atoms with Crippen molar-refractivity contribution in [1.82, 2.24) is 0 Å². The van der Waals surface area contributed by atoms with Gasteiger partial charge in [-0.1, -0.05) is 6.07 Å². The smallest absolute Gasteiger partial charge is 0.258 e. The van der Waals surface area contributed by atoms with Gasteiger partial charge in [-0.25, -0.2) is 0 Å². The Morgan fingerprint density at radius 1 is 1.53 bits per heavy atom. The summed E-state index contributed by atoms with van der Waals surface area (Å²) in [5.41, 5.74) is 13.6. The molecule has 2 rings (SSSR count). The van der Waals surface area contributed by atoms with Crippen LogP contribution in [-0.4, -0.2) is 12.0 Å².